The van der Waals surface area contributed by atoms with Gasteiger partial charge in [-0.05, 0) is 30.2 Å². The Hall–Kier alpha value is -1.88. The van der Waals surface area contributed by atoms with Crippen molar-refractivity contribution in [2.45, 2.75) is 13.0 Å². The minimum absolute atomic E-state index is 0.220. The average Bonchev–Trinajstić information content (AvgIpc) is 2.36. The highest BCUT2D eigenvalue weighted by atomic mass is 19.2. The standard InChI is InChI=1S/C14H11F4N/c1-7-2-3-8(4-10(7)15)14(19)9-5-12(17)13(18)6-11(9)16/h2-6,14H,19H2,1H3. The Morgan fingerprint density at radius 3 is 2.11 bits per heavy atom. The summed E-state index contributed by atoms with van der Waals surface area (Å²) < 4.78 is 52.9. The maximum atomic E-state index is 13.6. The molecular formula is C14H11F4N. The molecule has 0 heterocycles. The Balaban J connectivity index is 2.46. The lowest BCUT2D eigenvalue weighted by Crippen LogP contribution is -2.15. The molecule has 0 aliphatic rings. The lowest BCUT2D eigenvalue weighted by molar-refractivity contribution is 0.487. The molecule has 0 amide bonds. The Labute approximate surface area is 107 Å². The summed E-state index contributed by atoms with van der Waals surface area (Å²) in [5.41, 5.74) is 6.24. The van der Waals surface area contributed by atoms with Crippen LogP contribution in [0.15, 0.2) is 30.3 Å². The van der Waals surface area contributed by atoms with Gasteiger partial charge < -0.3 is 5.73 Å². The van der Waals surface area contributed by atoms with Gasteiger partial charge in [-0.25, -0.2) is 17.6 Å². The molecule has 0 fully saturated rings. The van der Waals surface area contributed by atoms with Gasteiger partial charge in [0.1, 0.15) is 11.6 Å². The molecular weight excluding hydrogens is 258 g/mol. The first kappa shape index (κ1) is 13.5. The summed E-state index contributed by atoms with van der Waals surface area (Å²) >= 11 is 0. The highest BCUT2D eigenvalue weighted by Crippen LogP contribution is 2.25. The number of nitrogens with two attached hydrogens (primary N) is 1. The van der Waals surface area contributed by atoms with Crippen molar-refractivity contribution in [3.63, 3.8) is 0 Å². The minimum atomic E-state index is -1.29. The number of aryl methyl sites for hydroxylation is 1. The van der Waals surface area contributed by atoms with Crippen molar-refractivity contribution in [1.29, 1.82) is 0 Å². The van der Waals surface area contributed by atoms with Gasteiger partial charge >= 0.3 is 0 Å². The van der Waals surface area contributed by atoms with E-state index in [-0.39, 0.29) is 11.1 Å². The van der Waals surface area contributed by atoms with Gasteiger partial charge in [0.25, 0.3) is 0 Å². The molecule has 0 aliphatic carbocycles. The van der Waals surface area contributed by atoms with Crippen LogP contribution in [0.3, 0.4) is 0 Å². The van der Waals surface area contributed by atoms with E-state index in [0.717, 1.165) is 6.07 Å². The molecule has 0 radical (unpaired) electrons. The molecule has 2 rings (SSSR count). The van der Waals surface area contributed by atoms with E-state index in [1.807, 2.05) is 0 Å². The largest absolute Gasteiger partial charge is 0.320 e. The summed E-state index contributed by atoms with van der Waals surface area (Å²) in [6.45, 7) is 1.57. The predicted molar refractivity (Wildman–Crippen MR) is 63.5 cm³/mol. The third kappa shape index (κ3) is 2.61. The fraction of sp³-hybridized carbons (Fsp3) is 0.143. The molecule has 0 aromatic heterocycles. The number of halogens is 4. The number of rotatable bonds is 2. The van der Waals surface area contributed by atoms with Crippen molar-refractivity contribution in [3.05, 3.63) is 70.3 Å². The number of hydrogen-bond acceptors (Lipinski definition) is 1. The topological polar surface area (TPSA) is 26.0 Å². The highest BCUT2D eigenvalue weighted by molar-refractivity contribution is 5.34. The molecule has 0 spiro atoms. The highest BCUT2D eigenvalue weighted by Gasteiger charge is 2.18. The summed E-state index contributed by atoms with van der Waals surface area (Å²) in [7, 11) is 0. The van der Waals surface area contributed by atoms with Gasteiger partial charge in [0, 0.05) is 11.6 Å². The van der Waals surface area contributed by atoms with Crippen molar-refractivity contribution < 1.29 is 17.6 Å². The van der Waals surface area contributed by atoms with Crippen molar-refractivity contribution in [1.82, 2.24) is 0 Å². The van der Waals surface area contributed by atoms with Crippen molar-refractivity contribution in [2.24, 2.45) is 5.73 Å². The van der Waals surface area contributed by atoms with Crippen LogP contribution in [0.1, 0.15) is 22.7 Å². The van der Waals surface area contributed by atoms with Crippen LogP contribution in [0.5, 0.6) is 0 Å². The molecule has 2 N–H and O–H groups in total. The molecule has 100 valence electrons. The molecule has 1 unspecified atom stereocenters. The van der Waals surface area contributed by atoms with E-state index in [4.69, 9.17) is 5.73 Å². The van der Waals surface area contributed by atoms with Crippen molar-refractivity contribution >= 4 is 0 Å². The van der Waals surface area contributed by atoms with E-state index in [1.165, 1.54) is 12.1 Å². The summed E-state index contributed by atoms with van der Waals surface area (Å²) in [5.74, 6) is -3.94. The van der Waals surface area contributed by atoms with E-state index in [2.05, 4.69) is 0 Å². The second kappa shape index (κ2) is 5.01. The van der Waals surface area contributed by atoms with Crippen LogP contribution in [0.2, 0.25) is 0 Å². The second-order valence-corrected chi connectivity index (χ2v) is 4.27. The van der Waals surface area contributed by atoms with Crippen molar-refractivity contribution in [3.8, 4) is 0 Å². The summed E-state index contributed by atoms with van der Waals surface area (Å²) in [6.07, 6.45) is 0. The van der Waals surface area contributed by atoms with Crippen LogP contribution in [-0.2, 0) is 0 Å². The van der Waals surface area contributed by atoms with Crippen LogP contribution < -0.4 is 5.73 Å². The first-order valence-electron chi connectivity index (χ1n) is 5.56. The molecule has 0 saturated carbocycles. The minimum Gasteiger partial charge on any atom is -0.320 e. The van der Waals surface area contributed by atoms with E-state index < -0.39 is 29.3 Å². The Morgan fingerprint density at radius 2 is 1.47 bits per heavy atom. The SMILES string of the molecule is Cc1ccc(C(N)c2cc(F)c(F)cc2F)cc1F. The molecule has 2 aromatic carbocycles. The summed E-state index contributed by atoms with van der Waals surface area (Å²) in [5, 5.41) is 0. The van der Waals surface area contributed by atoms with Gasteiger partial charge in [-0.3, -0.25) is 0 Å². The fourth-order valence-electron chi connectivity index (χ4n) is 1.76. The van der Waals surface area contributed by atoms with Gasteiger partial charge in [-0.1, -0.05) is 12.1 Å². The third-order valence-electron chi connectivity index (χ3n) is 2.93. The van der Waals surface area contributed by atoms with E-state index in [1.54, 1.807) is 6.92 Å². The number of benzene rings is 2. The van der Waals surface area contributed by atoms with Gasteiger partial charge in [0.2, 0.25) is 0 Å². The molecule has 1 atom stereocenters. The molecule has 5 heteroatoms. The molecule has 0 bridgehead atoms. The average molecular weight is 269 g/mol. The second-order valence-electron chi connectivity index (χ2n) is 4.27. The predicted octanol–water partition coefficient (Wildman–Crippen LogP) is 3.60. The zero-order chi connectivity index (χ0) is 14.2. The molecule has 2 aromatic rings. The molecule has 1 nitrogen and oxygen atoms in total. The zero-order valence-corrected chi connectivity index (χ0v) is 10.1. The molecule has 0 aliphatic heterocycles. The first-order chi connectivity index (χ1) is 8.90. The maximum Gasteiger partial charge on any atom is 0.161 e. The molecule has 19 heavy (non-hydrogen) atoms. The van der Waals surface area contributed by atoms with Crippen LogP contribution in [-0.4, -0.2) is 0 Å². The van der Waals surface area contributed by atoms with Crippen LogP contribution >= 0.6 is 0 Å². The van der Waals surface area contributed by atoms with Crippen molar-refractivity contribution in [2.75, 3.05) is 0 Å². The maximum absolute atomic E-state index is 13.6. The lowest BCUT2D eigenvalue weighted by atomic mass is 9.98. The Kier molecular flexibility index (Phi) is 3.57. The van der Waals surface area contributed by atoms with Gasteiger partial charge in [-0.15, -0.1) is 0 Å². The number of hydrogen-bond donors (Lipinski definition) is 1. The summed E-state index contributed by atoms with van der Waals surface area (Å²) in [4.78, 5) is 0. The van der Waals surface area contributed by atoms with E-state index >= 15 is 0 Å². The Bertz CT molecular complexity index is 625. The normalized spacial score (nSPS) is 12.5. The monoisotopic (exact) mass is 269 g/mol. The van der Waals surface area contributed by atoms with E-state index in [0.29, 0.717) is 17.7 Å². The zero-order valence-electron chi connectivity index (χ0n) is 10.1. The third-order valence-corrected chi connectivity index (χ3v) is 2.93. The van der Waals surface area contributed by atoms with Gasteiger partial charge in [-0.2, -0.15) is 0 Å². The van der Waals surface area contributed by atoms with Gasteiger partial charge in [0.15, 0.2) is 11.6 Å². The van der Waals surface area contributed by atoms with Crippen LogP contribution in [0.25, 0.3) is 0 Å². The molecule has 0 saturated heterocycles. The van der Waals surface area contributed by atoms with E-state index in [9.17, 15) is 17.6 Å². The Morgan fingerprint density at radius 1 is 0.842 bits per heavy atom. The smallest absolute Gasteiger partial charge is 0.161 e. The van der Waals surface area contributed by atoms with Crippen LogP contribution in [0.4, 0.5) is 17.6 Å². The summed E-state index contributed by atoms with van der Waals surface area (Å²) in [6, 6.07) is 4.21. The fourth-order valence-corrected chi connectivity index (χ4v) is 1.76. The van der Waals surface area contributed by atoms with Crippen LogP contribution in [0, 0.1) is 30.2 Å². The van der Waals surface area contributed by atoms with Gasteiger partial charge in [0.05, 0.1) is 6.04 Å². The first-order valence-corrected chi connectivity index (χ1v) is 5.56. The lowest BCUT2D eigenvalue weighted by Gasteiger charge is -2.14. The quantitative estimate of drug-likeness (QED) is 0.654.